The van der Waals surface area contributed by atoms with E-state index in [1.54, 1.807) is 19.2 Å². The van der Waals surface area contributed by atoms with Crippen molar-refractivity contribution in [2.24, 2.45) is 5.73 Å². The van der Waals surface area contributed by atoms with Crippen LogP contribution in [0.4, 0.5) is 5.82 Å². The van der Waals surface area contributed by atoms with Crippen molar-refractivity contribution in [1.29, 1.82) is 0 Å². The summed E-state index contributed by atoms with van der Waals surface area (Å²) >= 11 is 0. The van der Waals surface area contributed by atoms with Gasteiger partial charge in [0.2, 0.25) is 5.91 Å². The van der Waals surface area contributed by atoms with Crippen molar-refractivity contribution in [3.63, 3.8) is 0 Å². The molecule has 1 aromatic heterocycles. The fourth-order valence-electron chi connectivity index (χ4n) is 0.688. The second kappa shape index (κ2) is 4.56. The minimum atomic E-state index is -0.458. The smallest absolute Gasteiger partial charge is 0.250 e. The van der Waals surface area contributed by atoms with E-state index in [1.165, 1.54) is 6.20 Å². The van der Waals surface area contributed by atoms with E-state index < -0.39 is 5.91 Å². The normalized spacial score (nSPS) is 8.42. The molecular formula is C7H10ClN3O. The fourth-order valence-corrected chi connectivity index (χ4v) is 0.688. The number of halogens is 1. The van der Waals surface area contributed by atoms with E-state index >= 15 is 0 Å². The third-order valence-electron chi connectivity index (χ3n) is 1.30. The summed E-state index contributed by atoms with van der Waals surface area (Å²) in [5, 5.41) is 2.83. The number of hydrogen-bond donors (Lipinski definition) is 2. The molecule has 0 unspecified atom stereocenters. The number of pyridine rings is 1. The van der Waals surface area contributed by atoms with Gasteiger partial charge >= 0.3 is 0 Å². The van der Waals surface area contributed by atoms with Crippen LogP contribution in [0.15, 0.2) is 18.3 Å². The number of rotatable bonds is 2. The summed E-state index contributed by atoms with van der Waals surface area (Å²) in [6.07, 6.45) is 1.44. The first-order chi connectivity index (χ1) is 5.24. The van der Waals surface area contributed by atoms with Gasteiger partial charge in [-0.05, 0) is 12.1 Å². The Morgan fingerprint density at radius 1 is 1.58 bits per heavy atom. The molecule has 0 aliphatic rings. The Labute approximate surface area is 76.6 Å². The molecule has 66 valence electrons. The molecule has 0 aliphatic carbocycles. The van der Waals surface area contributed by atoms with Crippen LogP contribution in [0.1, 0.15) is 10.4 Å². The first-order valence-corrected chi connectivity index (χ1v) is 3.17. The van der Waals surface area contributed by atoms with Crippen LogP contribution >= 0.6 is 12.4 Å². The minimum absolute atomic E-state index is 0. The number of amides is 1. The number of carbonyl (C=O) groups is 1. The quantitative estimate of drug-likeness (QED) is 0.714. The molecule has 0 aliphatic heterocycles. The molecule has 0 radical (unpaired) electrons. The Bertz CT molecular complexity index is 260. The summed E-state index contributed by atoms with van der Waals surface area (Å²) < 4.78 is 0. The van der Waals surface area contributed by atoms with E-state index in [9.17, 15) is 4.79 Å². The molecule has 1 amide bonds. The van der Waals surface area contributed by atoms with Crippen LogP contribution in [-0.4, -0.2) is 17.9 Å². The molecule has 1 aromatic rings. The number of nitrogens with one attached hydrogen (secondary N) is 1. The van der Waals surface area contributed by atoms with Crippen molar-refractivity contribution in [1.82, 2.24) is 4.98 Å². The van der Waals surface area contributed by atoms with E-state index in [-0.39, 0.29) is 12.4 Å². The van der Waals surface area contributed by atoms with Gasteiger partial charge in [0.15, 0.2) is 0 Å². The van der Waals surface area contributed by atoms with Gasteiger partial charge in [-0.2, -0.15) is 0 Å². The van der Waals surface area contributed by atoms with Crippen LogP contribution < -0.4 is 11.1 Å². The predicted molar refractivity (Wildman–Crippen MR) is 49.5 cm³/mol. The maximum absolute atomic E-state index is 10.6. The molecule has 5 heteroatoms. The third-order valence-corrected chi connectivity index (χ3v) is 1.30. The van der Waals surface area contributed by atoms with Crippen molar-refractivity contribution < 1.29 is 4.79 Å². The van der Waals surface area contributed by atoms with Gasteiger partial charge < -0.3 is 11.1 Å². The Balaban J connectivity index is 0.00000121. The van der Waals surface area contributed by atoms with Crippen LogP contribution in [0, 0.1) is 0 Å². The first kappa shape index (κ1) is 10.7. The summed E-state index contributed by atoms with van der Waals surface area (Å²) in [6, 6.07) is 3.32. The molecule has 0 aromatic carbocycles. The molecule has 0 spiro atoms. The molecule has 0 bridgehead atoms. The molecular weight excluding hydrogens is 178 g/mol. The van der Waals surface area contributed by atoms with Gasteiger partial charge in [0, 0.05) is 13.2 Å². The van der Waals surface area contributed by atoms with Crippen LogP contribution in [-0.2, 0) is 0 Å². The highest BCUT2D eigenvalue weighted by molar-refractivity contribution is 5.92. The SMILES string of the molecule is CNc1ccc(C(N)=O)cn1.Cl. The maximum Gasteiger partial charge on any atom is 0.250 e. The number of nitrogens with two attached hydrogens (primary N) is 1. The van der Waals surface area contributed by atoms with E-state index in [4.69, 9.17) is 5.73 Å². The Morgan fingerprint density at radius 2 is 2.25 bits per heavy atom. The van der Waals surface area contributed by atoms with Gasteiger partial charge in [0.05, 0.1) is 5.56 Å². The molecule has 12 heavy (non-hydrogen) atoms. The molecule has 0 atom stereocenters. The van der Waals surface area contributed by atoms with E-state index in [0.717, 1.165) is 5.82 Å². The zero-order chi connectivity index (χ0) is 8.27. The lowest BCUT2D eigenvalue weighted by molar-refractivity contribution is 0.1000. The highest BCUT2D eigenvalue weighted by Crippen LogP contribution is 2.02. The summed E-state index contributed by atoms with van der Waals surface area (Å²) in [4.78, 5) is 14.5. The largest absolute Gasteiger partial charge is 0.373 e. The van der Waals surface area contributed by atoms with E-state index in [2.05, 4.69) is 10.3 Å². The summed E-state index contributed by atoms with van der Waals surface area (Å²) in [5.41, 5.74) is 5.43. The lowest BCUT2D eigenvalue weighted by Gasteiger charge is -1.97. The lowest BCUT2D eigenvalue weighted by Crippen LogP contribution is -2.11. The molecule has 4 nitrogen and oxygen atoms in total. The van der Waals surface area contributed by atoms with E-state index in [1.807, 2.05) is 0 Å². The van der Waals surface area contributed by atoms with Gasteiger partial charge in [0.25, 0.3) is 0 Å². The van der Waals surface area contributed by atoms with Crippen LogP contribution in [0.5, 0.6) is 0 Å². The standard InChI is InChI=1S/C7H9N3O.ClH/c1-9-6-3-2-5(4-10-6)7(8)11;/h2-4H,1H3,(H2,8,11)(H,9,10);1H. The number of nitrogens with zero attached hydrogens (tertiary/aromatic N) is 1. The van der Waals surface area contributed by atoms with Gasteiger partial charge in [0.1, 0.15) is 5.82 Å². The second-order valence-corrected chi connectivity index (χ2v) is 2.05. The summed E-state index contributed by atoms with van der Waals surface area (Å²) in [5.74, 6) is 0.259. The minimum Gasteiger partial charge on any atom is -0.373 e. The number of hydrogen-bond acceptors (Lipinski definition) is 3. The molecule has 1 heterocycles. The monoisotopic (exact) mass is 187 g/mol. The Morgan fingerprint density at radius 3 is 2.58 bits per heavy atom. The second-order valence-electron chi connectivity index (χ2n) is 2.05. The zero-order valence-electron chi connectivity index (χ0n) is 6.57. The molecule has 1 rings (SSSR count). The van der Waals surface area contributed by atoms with Crippen LogP contribution in [0.2, 0.25) is 0 Å². The van der Waals surface area contributed by atoms with E-state index in [0.29, 0.717) is 5.56 Å². The lowest BCUT2D eigenvalue weighted by atomic mass is 10.3. The number of primary amides is 1. The van der Waals surface area contributed by atoms with Gasteiger partial charge in [-0.25, -0.2) is 4.98 Å². The summed E-state index contributed by atoms with van der Waals surface area (Å²) in [6.45, 7) is 0. The molecule has 0 saturated carbocycles. The van der Waals surface area contributed by atoms with Gasteiger partial charge in [-0.1, -0.05) is 0 Å². The maximum atomic E-state index is 10.6. The number of carbonyl (C=O) groups excluding carboxylic acids is 1. The predicted octanol–water partition coefficient (Wildman–Crippen LogP) is 0.644. The van der Waals surface area contributed by atoms with Crippen LogP contribution in [0.3, 0.4) is 0 Å². The van der Waals surface area contributed by atoms with Crippen molar-refractivity contribution in [2.45, 2.75) is 0 Å². The number of aromatic nitrogens is 1. The first-order valence-electron chi connectivity index (χ1n) is 3.17. The van der Waals surface area contributed by atoms with Crippen molar-refractivity contribution in [2.75, 3.05) is 12.4 Å². The molecule has 3 N–H and O–H groups in total. The third kappa shape index (κ3) is 2.39. The molecule has 0 fully saturated rings. The van der Waals surface area contributed by atoms with Gasteiger partial charge in [-0.15, -0.1) is 12.4 Å². The van der Waals surface area contributed by atoms with Gasteiger partial charge in [-0.3, -0.25) is 4.79 Å². The topological polar surface area (TPSA) is 68.0 Å². The van der Waals surface area contributed by atoms with Crippen molar-refractivity contribution >= 4 is 24.1 Å². The summed E-state index contributed by atoms with van der Waals surface area (Å²) in [7, 11) is 1.76. The highest BCUT2D eigenvalue weighted by atomic mass is 35.5. The van der Waals surface area contributed by atoms with Crippen molar-refractivity contribution in [3.8, 4) is 0 Å². The van der Waals surface area contributed by atoms with Crippen LogP contribution in [0.25, 0.3) is 0 Å². The Hall–Kier alpha value is -1.29. The highest BCUT2D eigenvalue weighted by Gasteiger charge is 1.98. The fraction of sp³-hybridized carbons (Fsp3) is 0.143. The molecule has 0 saturated heterocycles. The Kier molecular flexibility index (Phi) is 4.07. The average Bonchev–Trinajstić information content (AvgIpc) is 2.05. The number of anilines is 1. The van der Waals surface area contributed by atoms with Crippen molar-refractivity contribution in [3.05, 3.63) is 23.9 Å². The zero-order valence-corrected chi connectivity index (χ0v) is 7.39. The average molecular weight is 188 g/mol.